The van der Waals surface area contributed by atoms with E-state index < -0.39 is 24.3 Å². The molecule has 0 aromatic carbocycles. The van der Waals surface area contributed by atoms with E-state index in [4.69, 9.17) is 14.9 Å². The summed E-state index contributed by atoms with van der Waals surface area (Å²) in [7, 11) is 0. The standard InChI is InChI=1S/C7H12O5/c8-3-5-1-4(9)2-6(12-5)7(10)11/h4-6,8-9H,1-3H2,(H,10,11). The summed E-state index contributed by atoms with van der Waals surface area (Å²) in [5.41, 5.74) is 0. The maximum Gasteiger partial charge on any atom is 0.332 e. The maximum absolute atomic E-state index is 10.4. The fraction of sp³-hybridized carbons (Fsp3) is 0.857. The maximum atomic E-state index is 10.4. The van der Waals surface area contributed by atoms with Crippen LogP contribution in [0.15, 0.2) is 0 Å². The zero-order valence-electron chi connectivity index (χ0n) is 6.51. The van der Waals surface area contributed by atoms with E-state index >= 15 is 0 Å². The van der Waals surface area contributed by atoms with Gasteiger partial charge in [0.1, 0.15) is 0 Å². The molecule has 0 aliphatic carbocycles. The highest BCUT2D eigenvalue weighted by molar-refractivity contribution is 5.72. The molecular weight excluding hydrogens is 164 g/mol. The molecule has 1 aliphatic heterocycles. The minimum absolute atomic E-state index is 0.103. The van der Waals surface area contributed by atoms with Crippen molar-refractivity contribution in [1.82, 2.24) is 0 Å². The van der Waals surface area contributed by atoms with Crippen molar-refractivity contribution in [3.05, 3.63) is 0 Å². The molecule has 12 heavy (non-hydrogen) atoms. The summed E-state index contributed by atoms with van der Waals surface area (Å²) in [6.45, 7) is -0.249. The lowest BCUT2D eigenvalue weighted by molar-refractivity contribution is -0.169. The molecule has 0 bridgehead atoms. The number of aliphatic hydroxyl groups is 2. The van der Waals surface area contributed by atoms with Crippen LogP contribution in [-0.4, -0.2) is 46.2 Å². The number of rotatable bonds is 2. The Kier molecular flexibility index (Phi) is 3.02. The third-order valence-corrected chi connectivity index (χ3v) is 1.86. The second-order valence-electron chi connectivity index (χ2n) is 2.89. The minimum atomic E-state index is -1.09. The predicted octanol–water partition coefficient (Wildman–Crippen LogP) is -1.03. The van der Waals surface area contributed by atoms with E-state index in [1.54, 1.807) is 0 Å². The van der Waals surface area contributed by atoms with Gasteiger partial charge in [-0.05, 0) is 0 Å². The topological polar surface area (TPSA) is 87.0 Å². The van der Waals surface area contributed by atoms with Crippen molar-refractivity contribution in [2.45, 2.75) is 31.2 Å². The molecule has 1 fully saturated rings. The average molecular weight is 176 g/mol. The third-order valence-electron chi connectivity index (χ3n) is 1.86. The Morgan fingerprint density at radius 1 is 1.50 bits per heavy atom. The zero-order valence-corrected chi connectivity index (χ0v) is 6.51. The number of carboxylic acids is 1. The fourth-order valence-electron chi connectivity index (χ4n) is 1.27. The normalized spacial score (nSPS) is 36.3. The first-order valence-electron chi connectivity index (χ1n) is 3.80. The minimum Gasteiger partial charge on any atom is -0.479 e. The van der Waals surface area contributed by atoms with Gasteiger partial charge in [0.2, 0.25) is 0 Å². The Hall–Kier alpha value is -0.650. The fourth-order valence-corrected chi connectivity index (χ4v) is 1.27. The number of carbonyl (C=O) groups is 1. The molecule has 0 aromatic heterocycles. The molecule has 1 aliphatic rings. The molecule has 1 heterocycles. The van der Waals surface area contributed by atoms with E-state index in [9.17, 15) is 9.90 Å². The molecule has 0 saturated carbocycles. The van der Waals surface area contributed by atoms with Crippen molar-refractivity contribution in [2.24, 2.45) is 0 Å². The van der Waals surface area contributed by atoms with Crippen LogP contribution in [0.2, 0.25) is 0 Å². The lowest BCUT2D eigenvalue weighted by Gasteiger charge is -2.29. The first kappa shape index (κ1) is 9.44. The first-order chi connectivity index (χ1) is 5.63. The number of aliphatic carboxylic acids is 1. The molecule has 1 rings (SSSR count). The molecular formula is C7H12O5. The number of aliphatic hydroxyl groups excluding tert-OH is 2. The Morgan fingerprint density at radius 2 is 2.17 bits per heavy atom. The smallest absolute Gasteiger partial charge is 0.332 e. The van der Waals surface area contributed by atoms with Crippen LogP contribution in [0.1, 0.15) is 12.8 Å². The molecule has 3 N–H and O–H groups in total. The molecule has 1 saturated heterocycles. The molecule has 70 valence electrons. The van der Waals surface area contributed by atoms with Gasteiger partial charge >= 0.3 is 5.97 Å². The van der Waals surface area contributed by atoms with Gasteiger partial charge in [-0.1, -0.05) is 0 Å². The number of ether oxygens (including phenoxy) is 1. The van der Waals surface area contributed by atoms with Crippen molar-refractivity contribution < 1.29 is 24.9 Å². The van der Waals surface area contributed by atoms with Crippen LogP contribution in [0.3, 0.4) is 0 Å². The molecule has 0 radical (unpaired) electrons. The molecule has 3 atom stereocenters. The van der Waals surface area contributed by atoms with Crippen molar-refractivity contribution >= 4 is 5.97 Å². The van der Waals surface area contributed by atoms with Gasteiger partial charge in [-0.2, -0.15) is 0 Å². The van der Waals surface area contributed by atoms with E-state index in [-0.39, 0.29) is 13.0 Å². The largest absolute Gasteiger partial charge is 0.479 e. The van der Waals surface area contributed by atoms with Crippen LogP contribution in [-0.2, 0) is 9.53 Å². The molecule has 0 amide bonds. The molecule has 0 aromatic rings. The summed E-state index contributed by atoms with van der Waals surface area (Å²) in [6.07, 6.45) is -1.80. The zero-order chi connectivity index (χ0) is 9.14. The molecule has 5 heteroatoms. The highest BCUT2D eigenvalue weighted by Gasteiger charge is 2.32. The second-order valence-corrected chi connectivity index (χ2v) is 2.89. The van der Waals surface area contributed by atoms with Crippen molar-refractivity contribution in [3.63, 3.8) is 0 Å². The van der Waals surface area contributed by atoms with E-state index in [0.717, 1.165) is 0 Å². The Balaban J connectivity index is 2.51. The number of hydrogen-bond donors (Lipinski definition) is 3. The van der Waals surface area contributed by atoms with Gasteiger partial charge in [-0.3, -0.25) is 0 Å². The van der Waals surface area contributed by atoms with Crippen LogP contribution in [0.5, 0.6) is 0 Å². The van der Waals surface area contributed by atoms with Gasteiger partial charge < -0.3 is 20.1 Å². The van der Waals surface area contributed by atoms with E-state index in [1.807, 2.05) is 0 Å². The third kappa shape index (κ3) is 2.17. The van der Waals surface area contributed by atoms with E-state index in [0.29, 0.717) is 6.42 Å². The van der Waals surface area contributed by atoms with Gasteiger partial charge in [-0.25, -0.2) is 4.79 Å². The van der Waals surface area contributed by atoms with Crippen LogP contribution in [0, 0.1) is 0 Å². The van der Waals surface area contributed by atoms with Crippen LogP contribution >= 0.6 is 0 Å². The summed E-state index contributed by atoms with van der Waals surface area (Å²) in [5.74, 6) is -1.09. The van der Waals surface area contributed by atoms with Crippen LogP contribution in [0.25, 0.3) is 0 Å². The van der Waals surface area contributed by atoms with Gasteiger partial charge in [0.15, 0.2) is 6.10 Å². The lowest BCUT2D eigenvalue weighted by atomic mass is 10.0. The Labute approximate surface area is 69.6 Å². The van der Waals surface area contributed by atoms with Crippen molar-refractivity contribution in [3.8, 4) is 0 Å². The van der Waals surface area contributed by atoms with Gasteiger partial charge in [0, 0.05) is 12.8 Å². The number of hydrogen-bond acceptors (Lipinski definition) is 4. The average Bonchev–Trinajstić information content (AvgIpc) is 2.03. The van der Waals surface area contributed by atoms with E-state index in [2.05, 4.69) is 0 Å². The van der Waals surface area contributed by atoms with Gasteiger partial charge in [-0.15, -0.1) is 0 Å². The highest BCUT2D eigenvalue weighted by Crippen LogP contribution is 2.19. The highest BCUT2D eigenvalue weighted by atomic mass is 16.5. The second kappa shape index (κ2) is 3.84. The summed E-state index contributed by atoms with van der Waals surface area (Å²) in [6, 6.07) is 0. The van der Waals surface area contributed by atoms with Crippen molar-refractivity contribution in [2.75, 3.05) is 6.61 Å². The summed E-state index contributed by atoms with van der Waals surface area (Å²) >= 11 is 0. The quantitative estimate of drug-likeness (QED) is 0.501. The Bertz CT molecular complexity index is 169. The summed E-state index contributed by atoms with van der Waals surface area (Å²) in [4.78, 5) is 10.4. The lowest BCUT2D eigenvalue weighted by Crippen LogP contribution is -2.41. The van der Waals surface area contributed by atoms with Crippen molar-refractivity contribution in [1.29, 1.82) is 0 Å². The summed E-state index contributed by atoms with van der Waals surface area (Å²) in [5, 5.41) is 26.4. The molecule has 0 spiro atoms. The molecule has 3 unspecified atom stereocenters. The first-order valence-corrected chi connectivity index (χ1v) is 3.80. The SMILES string of the molecule is O=C(O)C1CC(O)CC(CO)O1. The predicted molar refractivity (Wildman–Crippen MR) is 38.6 cm³/mol. The Morgan fingerprint density at radius 3 is 2.67 bits per heavy atom. The van der Waals surface area contributed by atoms with Crippen LogP contribution in [0.4, 0.5) is 0 Å². The van der Waals surface area contributed by atoms with Gasteiger partial charge in [0.25, 0.3) is 0 Å². The van der Waals surface area contributed by atoms with Gasteiger partial charge in [0.05, 0.1) is 18.8 Å². The monoisotopic (exact) mass is 176 g/mol. The van der Waals surface area contributed by atoms with Crippen LogP contribution < -0.4 is 0 Å². The summed E-state index contributed by atoms with van der Waals surface area (Å²) < 4.78 is 4.96. The van der Waals surface area contributed by atoms with E-state index in [1.165, 1.54) is 0 Å². The number of carboxylic acid groups (broad SMARTS) is 1. The molecule has 5 nitrogen and oxygen atoms in total.